The maximum absolute atomic E-state index is 12.6. The van der Waals surface area contributed by atoms with E-state index in [4.69, 9.17) is 0 Å². The van der Waals surface area contributed by atoms with Gasteiger partial charge in [-0.05, 0) is 67.7 Å². The van der Waals surface area contributed by atoms with Crippen molar-refractivity contribution in [1.29, 1.82) is 0 Å². The first-order valence-electron chi connectivity index (χ1n) is 8.83. The SMILES string of the molecule is CC(C)(C)n1nc(C(=O)NCc2cn3cc(Br)ccc3n2)cc1C1CC1. The van der Waals surface area contributed by atoms with E-state index in [1.54, 1.807) is 0 Å². The molecule has 0 radical (unpaired) electrons. The molecule has 0 spiro atoms. The van der Waals surface area contributed by atoms with Gasteiger partial charge in [-0.25, -0.2) is 4.98 Å². The Morgan fingerprint density at radius 2 is 2.08 bits per heavy atom. The first kappa shape index (κ1) is 17.3. The van der Waals surface area contributed by atoms with Crippen LogP contribution in [0.25, 0.3) is 5.65 Å². The number of nitrogens with one attached hydrogen (secondary N) is 1. The number of nitrogens with zero attached hydrogens (tertiary/aromatic N) is 4. The number of aromatic nitrogens is 4. The third-order valence-corrected chi connectivity index (χ3v) is 4.96. The molecule has 3 aromatic heterocycles. The Labute approximate surface area is 160 Å². The van der Waals surface area contributed by atoms with E-state index in [-0.39, 0.29) is 11.4 Å². The highest BCUT2D eigenvalue weighted by molar-refractivity contribution is 9.10. The number of hydrogen-bond donors (Lipinski definition) is 1. The van der Waals surface area contributed by atoms with Crippen LogP contribution in [0.2, 0.25) is 0 Å². The highest BCUT2D eigenvalue weighted by Crippen LogP contribution is 2.41. The third kappa shape index (κ3) is 3.40. The van der Waals surface area contributed by atoms with Crippen molar-refractivity contribution in [3.63, 3.8) is 0 Å². The minimum Gasteiger partial charge on any atom is -0.345 e. The van der Waals surface area contributed by atoms with Gasteiger partial charge in [-0.15, -0.1) is 0 Å². The van der Waals surface area contributed by atoms with Gasteiger partial charge in [0.15, 0.2) is 0 Å². The van der Waals surface area contributed by atoms with Crippen LogP contribution in [0, 0.1) is 0 Å². The Bertz CT molecular complexity index is 978. The van der Waals surface area contributed by atoms with E-state index in [2.05, 4.69) is 52.1 Å². The molecule has 3 heterocycles. The van der Waals surface area contributed by atoms with Crippen molar-refractivity contribution in [1.82, 2.24) is 24.5 Å². The molecule has 0 aromatic carbocycles. The van der Waals surface area contributed by atoms with Crippen molar-refractivity contribution in [3.8, 4) is 0 Å². The van der Waals surface area contributed by atoms with E-state index in [1.165, 1.54) is 18.5 Å². The average Bonchev–Trinajstić information content (AvgIpc) is 3.17. The molecule has 1 amide bonds. The molecule has 1 aliphatic rings. The fraction of sp³-hybridized carbons (Fsp3) is 0.421. The summed E-state index contributed by atoms with van der Waals surface area (Å²) in [5, 5.41) is 7.52. The van der Waals surface area contributed by atoms with Gasteiger partial charge < -0.3 is 9.72 Å². The van der Waals surface area contributed by atoms with Gasteiger partial charge in [-0.1, -0.05) is 0 Å². The van der Waals surface area contributed by atoms with Gasteiger partial charge in [-0.3, -0.25) is 9.48 Å². The third-order valence-electron chi connectivity index (χ3n) is 4.50. The van der Waals surface area contributed by atoms with Crippen molar-refractivity contribution < 1.29 is 4.79 Å². The zero-order valence-corrected chi connectivity index (χ0v) is 16.7. The number of fused-ring (bicyclic) bond motifs is 1. The van der Waals surface area contributed by atoms with Crippen LogP contribution in [0.4, 0.5) is 0 Å². The Morgan fingerprint density at radius 1 is 1.31 bits per heavy atom. The number of imidazole rings is 1. The van der Waals surface area contributed by atoms with Crippen molar-refractivity contribution in [2.45, 2.75) is 51.6 Å². The Balaban J connectivity index is 1.51. The molecule has 26 heavy (non-hydrogen) atoms. The molecule has 1 N–H and O–H groups in total. The Morgan fingerprint density at radius 3 is 2.77 bits per heavy atom. The van der Waals surface area contributed by atoms with E-state index >= 15 is 0 Å². The molecule has 6 nitrogen and oxygen atoms in total. The summed E-state index contributed by atoms with van der Waals surface area (Å²) in [6.45, 7) is 6.71. The fourth-order valence-corrected chi connectivity index (χ4v) is 3.43. The van der Waals surface area contributed by atoms with Crippen LogP contribution in [-0.4, -0.2) is 25.1 Å². The smallest absolute Gasteiger partial charge is 0.272 e. The largest absolute Gasteiger partial charge is 0.345 e. The average molecular weight is 416 g/mol. The summed E-state index contributed by atoms with van der Waals surface area (Å²) < 4.78 is 4.92. The van der Waals surface area contributed by atoms with Crippen LogP contribution in [0.3, 0.4) is 0 Å². The lowest BCUT2D eigenvalue weighted by atomic mass is 10.1. The van der Waals surface area contributed by atoms with E-state index in [1.807, 2.05) is 39.7 Å². The lowest BCUT2D eigenvalue weighted by molar-refractivity contribution is 0.0944. The number of halogens is 1. The minimum absolute atomic E-state index is 0.133. The maximum Gasteiger partial charge on any atom is 0.272 e. The summed E-state index contributed by atoms with van der Waals surface area (Å²) in [4.78, 5) is 17.1. The predicted molar refractivity (Wildman–Crippen MR) is 103 cm³/mol. The molecule has 4 rings (SSSR count). The molecule has 0 saturated heterocycles. The molecule has 3 aromatic rings. The van der Waals surface area contributed by atoms with Crippen LogP contribution >= 0.6 is 15.9 Å². The van der Waals surface area contributed by atoms with Crippen LogP contribution in [0.5, 0.6) is 0 Å². The summed E-state index contributed by atoms with van der Waals surface area (Å²) in [5.74, 6) is 0.383. The van der Waals surface area contributed by atoms with E-state index in [0.29, 0.717) is 18.2 Å². The summed E-state index contributed by atoms with van der Waals surface area (Å²) in [7, 11) is 0. The second-order valence-electron chi connectivity index (χ2n) is 7.84. The van der Waals surface area contributed by atoms with Crippen molar-refractivity contribution in [2.24, 2.45) is 0 Å². The molecule has 0 atom stereocenters. The van der Waals surface area contributed by atoms with Gasteiger partial charge in [-0.2, -0.15) is 5.10 Å². The molecular formula is C19H22BrN5O. The minimum atomic E-state index is -0.159. The van der Waals surface area contributed by atoms with Gasteiger partial charge in [0.2, 0.25) is 0 Å². The molecule has 1 fully saturated rings. The molecular weight excluding hydrogens is 394 g/mol. The Hall–Kier alpha value is -2.15. The van der Waals surface area contributed by atoms with Gasteiger partial charge in [0, 0.05) is 28.5 Å². The number of carbonyl (C=O) groups excluding carboxylic acids is 1. The van der Waals surface area contributed by atoms with Crippen molar-refractivity contribution in [2.75, 3.05) is 0 Å². The van der Waals surface area contributed by atoms with Crippen LogP contribution < -0.4 is 5.32 Å². The first-order chi connectivity index (χ1) is 12.3. The maximum atomic E-state index is 12.6. The second-order valence-corrected chi connectivity index (χ2v) is 8.75. The summed E-state index contributed by atoms with van der Waals surface area (Å²) in [6, 6.07) is 5.82. The van der Waals surface area contributed by atoms with Crippen molar-refractivity contribution in [3.05, 3.63) is 52.1 Å². The van der Waals surface area contributed by atoms with Crippen LogP contribution in [0.15, 0.2) is 35.1 Å². The second kappa shape index (κ2) is 6.23. The predicted octanol–water partition coefficient (Wildman–Crippen LogP) is 3.86. The monoisotopic (exact) mass is 415 g/mol. The molecule has 0 aliphatic heterocycles. The van der Waals surface area contributed by atoms with Gasteiger partial charge in [0.25, 0.3) is 5.91 Å². The van der Waals surface area contributed by atoms with E-state index in [0.717, 1.165) is 15.8 Å². The van der Waals surface area contributed by atoms with Crippen molar-refractivity contribution >= 4 is 27.5 Å². The highest BCUT2D eigenvalue weighted by atomic mass is 79.9. The quantitative estimate of drug-likeness (QED) is 0.703. The molecule has 1 saturated carbocycles. The zero-order chi connectivity index (χ0) is 18.5. The number of hydrogen-bond acceptors (Lipinski definition) is 3. The molecule has 7 heteroatoms. The fourth-order valence-electron chi connectivity index (χ4n) is 3.08. The number of rotatable bonds is 4. The van der Waals surface area contributed by atoms with Crippen LogP contribution in [-0.2, 0) is 12.1 Å². The van der Waals surface area contributed by atoms with Gasteiger partial charge in [0.1, 0.15) is 11.3 Å². The van der Waals surface area contributed by atoms with Gasteiger partial charge >= 0.3 is 0 Å². The number of amides is 1. The summed E-state index contributed by atoms with van der Waals surface area (Å²) >= 11 is 3.45. The van der Waals surface area contributed by atoms with Crippen LogP contribution in [0.1, 0.15) is 61.4 Å². The molecule has 0 bridgehead atoms. The standard InChI is InChI=1S/C19H22BrN5O/c1-19(2,3)25-16(12-4-5-12)8-15(23-25)18(26)21-9-14-11-24-10-13(20)6-7-17(24)22-14/h6-8,10-12H,4-5,9H2,1-3H3,(H,21,26). The van der Waals surface area contributed by atoms with Gasteiger partial charge in [0.05, 0.1) is 17.8 Å². The first-order valence-corrected chi connectivity index (χ1v) is 9.62. The number of carbonyl (C=O) groups is 1. The van der Waals surface area contributed by atoms with E-state index in [9.17, 15) is 4.79 Å². The highest BCUT2D eigenvalue weighted by Gasteiger charge is 2.32. The molecule has 136 valence electrons. The summed E-state index contributed by atoms with van der Waals surface area (Å²) in [6.07, 6.45) is 6.23. The lowest BCUT2D eigenvalue weighted by Gasteiger charge is -2.22. The number of pyridine rings is 1. The molecule has 1 aliphatic carbocycles. The zero-order valence-electron chi connectivity index (χ0n) is 15.2. The normalized spacial score (nSPS) is 14.8. The van der Waals surface area contributed by atoms with E-state index < -0.39 is 0 Å². The summed E-state index contributed by atoms with van der Waals surface area (Å²) in [5.41, 5.74) is 3.18. The Kier molecular flexibility index (Phi) is 4.14. The lowest BCUT2D eigenvalue weighted by Crippen LogP contribution is -2.27. The topological polar surface area (TPSA) is 64.2 Å². The molecule has 0 unspecified atom stereocenters.